The largest absolute Gasteiger partial charge is 0.345 e. The molecule has 0 fully saturated rings. The first-order valence-electron chi connectivity index (χ1n) is 5.91. The second kappa shape index (κ2) is 5.80. The fourth-order valence-corrected chi connectivity index (χ4v) is 2.00. The number of rotatable bonds is 3. The smallest absolute Gasteiger partial charge is 0.254 e. The molecule has 1 amide bonds. The maximum atomic E-state index is 12.1. The summed E-state index contributed by atoms with van der Waals surface area (Å²) in [5.74, 6) is -0.234. The highest BCUT2D eigenvalue weighted by atomic mass is 35.5. The molecular formula is C14H14ClN3O. The van der Waals surface area contributed by atoms with Gasteiger partial charge in [0.1, 0.15) is 0 Å². The molecule has 0 saturated heterocycles. The Morgan fingerprint density at radius 2 is 2.05 bits per heavy atom. The summed E-state index contributed by atoms with van der Waals surface area (Å²) in [6.45, 7) is 3.73. The number of hydrogen-bond donors (Lipinski definition) is 1. The number of aryl methyl sites for hydroxylation is 1. The Hall–Kier alpha value is -1.94. The summed E-state index contributed by atoms with van der Waals surface area (Å²) in [6.07, 6.45) is 4.88. The van der Waals surface area contributed by atoms with Crippen LogP contribution in [0.1, 0.15) is 34.6 Å². The standard InChI is InChI=1S/C14H14ClN3O/c1-9-7-13(15)12(8-17-9)14(19)18-10(2)11-3-5-16-6-4-11/h3-8,10H,1-2H3,(H,18,19). The molecule has 4 nitrogen and oxygen atoms in total. The van der Waals surface area contributed by atoms with Crippen LogP contribution in [0.3, 0.4) is 0 Å². The summed E-state index contributed by atoms with van der Waals surface area (Å²) in [4.78, 5) is 20.1. The lowest BCUT2D eigenvalue weighted by molar-refractivity contribution is 0.0939. The van der Waals surface area contributed by atoms with Crippen LogP contribution >= 0.6 is 11.6 Å². The zero-order chi connectivity index (χ0) is 13.8. The lowest BCUT2D eigenvalue weighted by atomic mass is 10.1. The van der Waals surface area contributed by atoms with Gasteiger partial charge in [-0.2, -0.15) is 0 Å². The van der Waals surface area contributed by atoms with Gasteiger partial charge < -0.3 is 5.32 Å². The molecule has 0 saturated carbocycles. The molecule has 0 aliphatic heterocycles. The summed E-state index contributed by atoms with van der Waals surface area (Å²) in [5.41, 5.74) is 2.15. The van der Waals surface area contributed by atoms with Gasteiger partial charge in [-0.1, -0.05) is 11.6 Å². The van der Waals surface area contributed by atoms with E-state index < -0.39 is 0 Å². The number of pyridine rings is 2. The van der Waals surface area contributed by atoms with Crippen LogP contribution in [0.15, 0.2) is 36.8 Å². The first-order valence-corrected chi connectivity index (χ1v) is 6.28. The molecule has 1 unspecified atom stereocenters. The number of carbonyl (C=O) groups is 1. The Balaban J connectivity index is 2.13. The molecule has 5 heteroatoms. The topological polar surface area (TPSA) is 54.9 Å². The van der Waals surface area contributed by atoms with Crippen molar-refractivity contribution >= 4 is 17.5 Å². The van der Waals surface area contributed by atoms with E-state index in [2.05, 4.69) is 15.3 Å². The monoisotopic (exact) mass is 275 g/mol. The summed E-state index contributed by atoms with van der Waals surface area (Å²) in [7, 11) is 0. The van der Waals surface area contributed by atoms with E-state index in [0.717, 1.165) is 11.3 Å². The highest BCUT2D eigenvalue weighted by Crippen LogP contribution is 2.17. The average molecular weight is 276 g/mol. The van der Waals surface area contributed by atoms with Gasteiger partial charge in [0, 0.05) is 24.3 Å². The lowest BCUT2D eigenvalue weighted by Crippen LogP contribution is -2.27. The maximum absolute atomic E-state index is 12.1. The minimum atomic E-state index is -0.234. The summed E-state index contributed by atoms with van der Waals surface area (Å²) < 4.78 is 0. The molecule has 2 aromatic heterocycles. The summed E-state index contributed by atoms with van der Waals surface area (Å²) in [5, 5.41) is 3.29. The predicted octanol–water partition coefficient (Wildman–Crippen LogP) is 2.93. The quantitative estimate of drug-likeness (QED) is 0.937. The Labute approximate surface area is 116 Å². The fraction of sp³-hybridized carbons (Fsp3) is 0.214. The van der Waals surface area contributed by atoms with Crippen LogP contribution in [0.5, 0.6) is 0 Å². The molecule has 98 valence electrons. The van der Waals surface area contributed by atoms with E-state index in [1.54, 1.807) is 18.5 Å². The molecule has 2 aromatic rings. The number of hydrogen-bond acceptors (Lipinski definition) is 3. The van der Waals surface area contributed by atoms with Gasteiger partial charge in [0.25, 0.3) is 5.91 Å². The van der Waals surface area contributed by atoms with E-state index >= 15 is 0 Å². The van der Waals surface area contributed by atoms with Crippen molar-refractivity contribution in [1.29, 1.82) is 0 Å². The molecule has 0 aliphatic rings. The van der Waals surface area contributed by atoms with Gasteiger partial charge in [-0.3, -0.25) is 14.8 Å². The van der Waals surface area contributed by atoms with Crippen molar-refractivity contribution in [2.75, 3.05) is 0 Å². The van der Waals surface area contributed by atoms with Crippen molar-refractivity contribution in [1.82, 2.24) is 15.3 Å². The Morgan fingerprint density at radius 3 is 2.68 bits per heavy atom. The zero-order valence-corrected chi connectivity index (χ0v) is 11.5. The third-order valence-electron chi connectivity index (χ3n) is 2.79. The van der Waals surface area contributed by atoms with Crippen molar-refractivity contribution in [2.24, 2.45) is 0 Å². The zero-order valence-electron chi connectivity index (χ0n) is 10.7. The predicted molar refractivity (Wildman–Crippen MR) is 74.1 cm³/mol. The van der Waals surface area contributed by atoms with Crippen LogP contribution in [-0.2, 0) is 0 Å². The van der Waals surface area contributed by atoms with Gasteiger partial charge in [0.15, 0.2) is 0 Å². The molecule has 0 aliphatic carbocycles. The van der Waals surface area contributed by atoms with Crippen LogP contribution in [0.2, 0.25) is 5.02 Å². The average Bonchev–Trinajstić information content (AvgIpc) is 2.39. The second-order valence-corrected chi connectivity index (χ2v) is 4.69. The summed E-state index contributed by atoms with van der Waals surface area (Å²) in [6, 6.07) is 5.28. The Kier molecular flexibility index (Phi) is 4.12. The van der Waals surface area contributed by atoms with Crippen molar-refractivity contribution in [3.8, 4) is 0 Å². The molecule has 19 heavy (non-hydrogen) atoms. The Morgan fingerprint density at radius 1 is 1.37 bits per heavy atom. The van der Waals surface area contributed by atoms with Crippen LogP contribution in [-0.4, -0.2) is 15.9 Å². The first kappa shape index (κ1) is 13.5. The molecule has 0 radical (unpaired) electrons. The molecule has 1 atom stereocenters. The molecule has 1 N–H and O–H groups in total. The molecule has 0 spiro atoms. The van der Waals surface area contributed by atoms with E-state index in [-0.39, 0.29) is 11.9 Å². The van der Waals surface area contributed by atoms with E-state index in [4.69, 9.17) is 11.6 Å². The number of aromatic nitrogens is 2. The highest BCUT2D eigenvalue weighted by molar-refractivity contribution is 6.33. The number of carbonyl (C=O) groups excluding carboxylic acids is 1. The SMILES string of the molecule is Cc1cc(Cl)c(C(=O)NC(C)c2ccncc2)cn1. The molecule has 2 rings (SSSR count). The van der Waals surface area contributed by atoms with Crippen LogP contribution < -0.4 is 5.32 Å². The van der Waals surface area contributed by atoms with Crippen LogP contribution in [0.25, 0.3) is 0 Å². The van der Waals surface area contributed by atoms with Gasteiger partial charge in [0.05, 0.1) is 16.6 Å². The summed E-state index contributed by atoms with van der Waals surface area (Å²) >= 11 is 6.04. The minimum Gasteiger partial charge on any atom is -0.345 e. The van der Waals surface area contributed by atoms with Crippen LogP contribution in [0, 0.1) is 6.92 Å². The van der Waals surface area contributed by atoms with E-state index in [1.807, 2.05) is 26.0 Å². The van der Waals surface area contributed by atoms with Gasteiger partial charge in [-0.15, -0.1) is 0 Å². The highest BCUT2D eigenvalue weighted by Gasteiger charge is 2.14. The normalized spacial score (nSPS) is 11.9. The number of amides is 1. The second-order valence-electron chi connectivity index (χ2n) is 4.28. The molecule has 0 aromatic carbocycles. The Bertz CT molecular complexity index is 586. The van der Waals surface area contributed by atoms with E-state index in [9.17, 15) is 4.79 Å². The third kappa shape index (κ3) is 3.29. The van der Waals surface area contributed by atoms with Gasteiger partial charge in [-0.25, -0.2) is 0 Å². The molecule has 2 heterocycles. The van der Waals surface area contributed by atoms with Gasteiger partial charge in [-0.05, 0) is 37.6 Å². The number of halogens is 1. The van der Waals surface area contributed by atoms with Gasteiger partial charge in [0.2, 0.25) is 0 Å². The fourth-order valence-electron chi connectivity index (χ4n) is 1.70. The first-order chi connectivity index (χ1) is 9.08. The van der Waals surface area contributed by atoms with Crippen molar-refractivity contribution < 1.29 is 4.79 Å². The maximum Gasteiger partial charge on any atom is 0.254 e. The number of nitrogens with one attached hydrogen (secondary N) is 1. The van der Waals surface area contributed by atoms with Crippen molar-refractivity contribution in [2.45, 2.75) is 19.9 Å². The lowest BCUT2D eigenvalue weighted by Gasteiger charge is -2.14. The molecule has 0 bridgehead atoms. The van der Waals surface area contributed by atoms with Crippen molar-refractivity contribution in [3.05, 3.63) is 58.6 Å². The van der Waals surface area contributed by atoms with Crippen LogP contribution in [0.4, 0.5) is 0 Å². The molecular weight excluding hydrogens is 262 g/mol. The minimum absolute atomic E-state index is 0.118. The van der Waals surface area contributed by atoms with E-state index in [1.165, 1.54) is 6.20 Å². The third-order valence-corrected chi connectivity index (χ3v) is 3.10. The van der Waals surface area contributed by atoms with Crippen molar-refractivity contribution in [3.63, 3.8) is 0 Å². The number of nitrogens with zero attached hydrogens (tertiary/aromatic N) is 2. The van der Waals surface area contributed by atoms with Gasteiger partial charge >= 0.3 is 0 Å². The van der Waals surface area contributed by atoms with E-state index in [0.29, 0.717) is 10.6 Å².